The monoisotopic (exact) mass is 435 g/mol. The number of rotatable bonds is 7. The van der Waals surface area contributed by atoms with Crippen molar-refractivity contribution in [3.05, 3.63) is 76.5 Å². The van der Waals surface area contributed by atoms with Crippen LogP contribution in [0.4, 0.5) is 17.6 Å². The smallest absolute Gasteiger partial charge is 0.283 e. The molecule has 0 spiro atoms. The topological polar surface area (TPSA) is 73.2 Å². The highest BCUT2D eigenvalue weighted by Gasteiger charge is 2.31. The van der Waals surface area contributed by atoms with Crippen LogP contribution in [0.25, 0.3) is 0 Å². The van der Waals surface area contributed by atoms with Crippen LogP contribution in [0.3, 0.4) is 0 Å². The Morgan fingerprint density at radius 3 is 2.42 bits per heavy atom. The first-order chi connectivity index (χ1) is 14.7. The highest BCUT2D eigenvalue weighted by molar-refractivity contribution is 5.98. The van der Waals surface area contributed by atoms with E-state index in [1.165, 1.54) is 7.05 Å². The van der Waals surface area contributed by atoms with Crippen molar-refractivity contribution >= 4 is 12.2 Å². The van der Waals surface area contributed by atoms with Gasteiger partial charge in [-0.15, -0.1) is 0 Å². The van der Waals surface area contributed by atoms with Gasteiger partial charge in [0.1, 0.15) is 23.4 Å². The summed E-state index contributed by atoms with van der Waals surface area (Å²) in [7, 11) is 1.25. The SMILES string of the molecule is CC(NC(=O)c1c(C(F)F)nn(C)c1Oc1ccc(F)cc1F)c1ccc(C=O)cc1. The van der Waals surface area contributed by atoms with E-state index in [0.29, 0.717) is 23.5 Å². The van der Waals surface area contributed by atoms with Gasteiger partial charge in [-0.2, -0.15) is 5.10 Å². The van der Waals surface area contributed by atoms with E-state index in [9.17, 15) is 27.2 Å². The fraction of sp³-hybridized carbons (Fsp3) is 0.190. The molecule has 1 atom stereocenters. The molecule has 2 aromatic carbocycles. The standard InChI is InChI=1S/C21H17F4N3O3/c1-11(13-5-3-12(10-29)4-6-13)26-20(30)17-18(19(24)25)27-28(2)21(17)31-16-8-7-14(22)9-15(16)23/h3-11,19H,1-2H3,(H,26,30). The number of aldehydes is 1. The average molecular weight is 435 g/mol. The lowest BCUT2D eigenvalue weighted by atomic mass is 10.1. The third kappa shape index (κ3) is 4.73. The molecule has 1 aromatic heterocycles. The Morgan fingerprint density at radius 1 is 1.16 bits per heavy atom. The molecule has 0 fully saturated rings. The predicted molar refractivity (Wildman–Crippen MR) is 102 cm³/mol. The number of alkyl halides is 2. The Morgan fingerprint density at radius 2 is 1.84 bits per heavy atom. The Bertz CT molecular complexity index is 1110. The Balaban J connectivity index is 1.94. The van der Waals surface area contributed by atoms with Gasteiger partial charge in [0.15, 0.2) is 11.6 Å². The molecule has 0 aliphatic heterocycles. The zero-order chi connectivity index (χ0) is 22.7. The third-order valence-electron chi connectivity index (χ3n) is 4.48. The van der Waals surface area contributed by atoms with Crippen molar-refractivity contribution in [3.8, 4) is 11.6 Å². The summed E-state index contributed by atoms with van der Waals surface area (Å²) in [6.07, 6.45) is -2.44. The summed E-state index contributed by atoms with van der Waals surface area (Å²) in [5, 5.41) is 6.18. The van der Waals surface area contributed by atoms with E-state index in [0.717, 1.165) is 16.8 Å². The summed E-state index contributed by atoms with van der Waals surface area (Å²) in [4.78, 5) is 23.6. The number of hydrogen-bond acceptors (Lipinski definition) is 4. The molecule has 0 bridgehead atoms. The van der Waals surface area contributed by atoms with Crippen LogP contribution >= 0.6 is 0 Å². The van der Waals surface area contributed by atoms with Crippen LogP contribution in [-0.4, -0.2) is 22.0 Å². The molecule has 10 heteroatoms. The molecule has 3 aromatic rings. The van der Waals surface area contributed by atoms with Crippen molar-refractivity contribution in [2.45, 2.75) is 19.4 Å². The molecule has 0 saturated carbocycles. The number of aryl methyl sites for hydroxylation is 1. The van der Waals surface area contributed by atoms with E-state index < -0.39 is 52.9 Å². The molecule has 0 radical (unpaired) electrons. The minimum Gasteiger partial charge on any atom is -0.435 e. The summed E-state index contributed by atoms with van der Waals surface area (Å²) < 4.78 is 60.4. The molecule has 6 nitrogen and oxygen atoms in total. The van der Waals surface area contributed by atoms with Crippen LogP contribution in [0.2, 0.25) is 0 Å². The van der Waals surface area contributed by atoms with Crippen molar-refractivity contribution in [2.24, 2.45) is 7.05 Å². The fourth-order valence-electron chi connectivity index (χ4n) is 2.89. The van der Waals surface area contributed by atoms with E-state index >= 15 is 0 Å². The van der Waals surface area contributed by atoms with E-state index in [2.05, 4.69) is 10.4 Å². The highest BCUT2D eigenvalue weighted by atomic mass is 19.3. The molecule has 31 heavy (non-hydrogen) atoms. The van der Waals surface area contributed by atoms with Gasteiger partial charge in [-0.1, -0.05) is 24.3 Å². The second-order valence-corrected chi connectivity index (χ2v) is 6.65. The second-order valence-electron chi connectivity index (χ2n) is 6.65. The van der Waals surface area contributed by atoms with E-state index in [-0.39, 0.29) is 0 Å². The van der Waals surface area contributed by atoms with Gasteiger partial charge >= 0.3 is 0 Å². The van der Waals surface area contributed by atoms with Crippen LogP contribution in [0, 0.1) is 11.6 Å². The average Bonchev–Trinajstić information content (AvgIpc) is 3.06. The quantitative estimate of drug-likeness (QED) is 0.430. The maximum atomic E-state index is 14.0. The minimum absolute atomic E-state index is 0.429. The lowest BCUT2D eigenvalue weighted by molar-refractivity contribution is 0.0922. The molecule has 1 unspecified atom stereocenters. The van der Waals surface area contributed by atoms with Gasteiger partial charge in [0, 0.05) is 18.7 Å². The Hall–Kier alpha value is -3.69. The van der Waals surface area contributed by atoms with Crippen molar-refractivity contribution in [3.63, 3.8) is 0 Å². The molecule has 1 heterocycles. The lowest BCUT2D eigenvalue weighted by Crippen LogP contribution is -2.27. The number of aromatic nitrogens is 2. The Labute approximate surface area is 174 Å². The van der Waals surface area contributed by atoms with Crippen LogP contribution in [-0.2, 0) is 7.05 Å². The van der Waals surface area contributed by atoms with Crippen molar-refractivity contribution < 1.29 is 31.9 Å². The number of amides is 1. The van der Waals surface area contributed by atoms with E-state index in [4.69, 9.17) is 4.74 Å². The Kier molecular flexibility index (Phi) is 6.38. The lowest BCUT2D eigenvalue weighted by Gasteiger charge is -2.16. The fourth-order valence-corrected chi connectivity index (χ4v) is 2.89. The van der Waals surface area contributed by atoms with Crippen molar-refractivity contribution in [2.75, 3.05) is 0 Å². The van der Waals surface area contributed by atoms with Gasteiger partial charge < -0.3 is 10.1 Å². The number of halogens is 4. The van der Waals surface area contributed by atoms with Gasteiger partial charge in [0.05, 0.1) is 6.04 Å². The van der Waals surface area contributed by atoms with Crippen molar-refractivity contribution in [1.82, 2.24) is 15.1 Å². The maximum absolute atomic E-state index is 14.0. The predicted octanol–water partition coefficient (Wildman–Crippen LogP) is 4.73. The molecular weight excluding hydrogens is 418 g/mol. The van der Waals surface area contributed by atoms with Gasteiger partial charge in [0.25, 0.3) is 12.3 Å². The highest BCUT2D eigenvalue weighted by Crippen LogP contribution is 2.33. The van der Waals surface area contributed by atoms with Crippen LogP contribution in [0.15, 0.2) is 42.5 Å². The number of benzene rings is 2. The van der Waals surface area contributed by atoms with Gasteiger partial charge in [-0.25, -0.2) is 22.2 Å². The molecule has 0 aliphatic rings. The summed E-state index contributed by atoms with van der Waals surface area (Å²) in [5.41, 5.74) is -0.362. The van der Waals surface area contributed by atoms with Crippen LogP contribution in [0.5, 0.6) is 11.6 Å². The summed E-state index contributed by atoms with van der Waals surface area (Å²) in [6.45, 7) is 1.62. The van der Waals surface area contributed by atoms with Gasteiger partial charge in [0.2, 0.25) is 5.88 Å². The maximum Gasteiger partial charge on any atom is 0.283 e. The molecule has 1 N–H and O–H groups in total. The summed E-state index contributed by atoms with van der Waals surface area (Å²) in [5.74, 6) is -3.74. The second kappa shape index (κ2) is 8.99. The largest absolute Gasteiger partial charge is 0.435 e. The molecule has 1 amide bonds. The summed E-state index contributed by atoms with van der Waals surface area (Å²) >= 11 is 0. The zero-order valence-corrected chi connectivity index (χ0v) is 16.4. The van der Waals surface area contributed by atoms with Gasteiger partial charge in [-0.3, -0.25) is 9.59 Å². The molecule has 3 rings (SSSR count). The first-order valence-corrected chi connectivity index (χ1v) is 9.05. The van der Waals surface area contributed by atoms with Crippen LogP contribution in [0.1, 0.15) is 51.4 Å². The number of nitrogens with one attached hydrogen (secondary N) is 1. The molecule has 0 saturated heterocycles. The van der Waals surface area contributed by atoms with E-state index in [1.807, 2.05) is 0 Å². The summed E-state index contributed by atoms with van der Waals surface area (Å²) in [6, 6.07) is 8.15. The molecular formula is C21H17F4N3O3. The van der Waals surface area contributed by atoms with E-state index in [1.54, 1.807) is 31.2 Å². The number of carbonyl (C=O) groups excluding carboxylic acids is 2. The molecule has 162 valence electrons. The number of nitrogens with zero attached hydrogens (tertiary/aromatic N) is 2. The number of carbonyl (C=O) groups is 2. The first-order valence-electron chi connectivity index (χ1n) is 9.05. The first kappa shape index (κ1) is 22.0. The zero-order valence-electron chi connectivity index (χ0n) is 16.4. The number of hydrogen-bond donors (Lipinski definition) is 1. The third-order valence-corrected chi connectivity index (χ3v) is 4.48. The molecule has 0 aliphatic carbocycles. The van der Waals surface area contributed by atoms with Crippen molar-refractivity contribution in [1.29, 1.82) is 0 Å². The van der Waals surface area contributed by atoms with Crippen LogP contribution < -0.4 is 10.1 Å². The van der Waals surface area contributed by atoms with Gasteiger partial charge in [-0.05, 0) is 24.6 Å². The normalized spacial score (nSPS) is 12.0. The number of ether oxygens (including phenoxy) is 1. The minimum atomic E-state index is -3.11.